The average molecular weight is 555 g/mol. The van der Waals surface area contributed by atoms with Crippen molar-refractivity contribution in [3.63, 3.8) is 0 Å². The zero-order valence-corrected chi connectivity index (χ0v) is 24.3. The number of hydrogen-bond acceptors (Lipinski definition) is 5. The zero-order valence-electron chi connectivity index (χ0n) is 22.5. The number of nitrogens with one attached hydrogen (secondary N) is 2. The van der Waals surface area contributed by atoms with Crippen molar-refractivity contribution in [1.29, 1.82) is 0 Å². The second-order valence-corrected chi connectivity index (χ2v) is 16.6. The van der Waals surface area contributed by atoms with E-state index in [1.807, 2.05) is 30.5 Å². The van der Waals surface area contributed by atoms with Crippen molar-refractivity contribution in [3.05, 3.63) is 64.8 Å². The van der Waals surface area contributed by atoms with Crippen molar-refractivity contribution in [1.82, 2.24) is 15.1 Å². The molecule has 2 aromatic carbocycles. The number of rotatable bonds is 6. The number of benzene rings is 2. The summed E-state index contributed by atoms with van der Waals surface area (Å²) in [5.74, 6) is 1.97. The monoisotopic (exact) mass is 554 g/mol. The number of halogens is 1. The van der Waals surface area contributed by atoms with Crippen LogP contribution in [-0.4, -0.2) is 43.4 Å². The molecule has 3 heterocycles. The lowest BCUT2D eigenvalue weighted by Gasteiger charge is -2.36. The summed E-state index contributed by atoms with van der Waals surface area (Å²) in [7, 11) is -1.83. The highest BCUT2D eigenvalue weighted by molar-refractivity contribution is 6.74. The number of hydrogen-bond donors (Lipinski definition) is 2. The van der Waals surface area contributed by atoms with E-state index in [0.717, 1.165) is 29.0 Å². The Kier molecular flexibility index (Phi) is 7.19. The quantitative estimate of drug-likeness (QED) is 0.340. The van der Waals surface area contributed by atoms with Crippen LogP contribution in [0, 0.1) is 0 Å². The Morgan fingerprint density at radius 3 is 2.84 bits per heavy atom. The van der Waals surface area contributed by atoms with Crippen molar-refractivity contribution >= 4 is 31.8 Å². The topological polar surface area (TPSA) is 86.6 Å². The van der Waals surface area contributed by atoms with Gasteiger partial charge in [0, 0.05) is 36.2 Å². The molecule has 0 bridgehead atoms. The van der Waals surface area contributed by atoms with Gasteiger partial charge in [0.25, 0.3) is 0 Å². The maximum atomic E-state index is 12.7. The molecule has 3 aromatic rings. The first-order valence-corrected chi connectivity index (χ1v) is 16.3. The predicted octanol–water partition coefficient (Wildman–Crippen LogP) is 6.50. The molecule has 0 saturated carbocycles. The van der Waals surface area contributed by atoms with Gasteiger partial charge < -0.3 is 19.2 Å². The van der Waals surface area contributed by atoms with Crippen molar-refractivity contribution in [2.75, 3.05) is 18.5 Å². The first-order chi connectivity index (χ1) is 18.0. The van der Waals surface area contributed by atoms with E-state index >= 15 is 0 Å². The van der Waals surface area contributed by atoms with Gasteiger partial charge in [-0.05, 0) is 42.4 Å². The molecule has 0 fully saturated rings. The van der Waals surface area contributed by atoms with E-state index in [1.54, 1.807) is 16.8 Å². The Labute approximate surface area is 229 Å². The number of anilines is 1. The van der Waals surface area contributed by atoms with Gasteiger partial charge in [0.15, 0.2) is 14.1 Å². The molecular weight excluding hydrogens is 520 g/mol. The number of aromatic nitrogens is 2. The highest BCUT2D eigenvalue weighted by Crippen LogP contribution is 2.39. The minimum Gasteiger partial charge on any atom is -0.492 e. The van der Waals surface area contributed by atoms with Crippen LogP contribution in [0.5, 0.6) is 11.5 Å². The molecule has 202 valence electrons. The highest BCUT2D eigenvalue weighted by atomic mass is 35.5. The van der Waals surface area contributed by atoms with Crippen LogP contribution in [0.4, 0.5) is 10.6 Å². The largest absolute Gasteiger partial charge is 0.492 e. The molecule has 38 heavy (non-hydrogen) atoms. The third kappa shape index (κ3) is 5.55. The van der Waals surface area contributed by atoms with Crippen molar-refractivity contribution in [3.8, 4) is 17.2 Å². The summed E-state index contributed by atoms with van der Waals surface area (Å²) in [6.07, 6.45) is 3.30. The fourth-order valence-corrected chi connectivity index (χ4v) is 5.71. The average Bonchev–Trinajstić information content (AvgIpc) is 3.49. The molecule has 2 atom stereocenters. The molecule has 0 radical (unpaired) electrons. The molecule has 8 nitrogen and oxygen atoms in total. The summed E-state index contributed by atoms with van der Waals surface area (Å²) < 4.78 is 20.0. The van der Waals surface area contributed by atoms with Gasteiger partial charge in [-0.15, -0.1) is 5.10 Å². The number of para-hydroxylation sites is 1. The van der Waals surface area contributed by atoms with Crippen LogP contribution in [0.15, 0.2) is 48.7 Å². The number of carbonyl (C=O) groups excluding carboxylic acids is 1. The number of urea groups is 1. The first kappa shape index (κ1) is 26.6. The third-order valence-corrected chi connectivity index (χ3v) is 12.4. The van der Waals surface area contributed by atoms with E-state index in [9.17, 15) is 4.79 Å². The molecule has 2 amide bonds. The van der Waals surface area contributed by atoms with E-state index in [0.29, 0.717) is 36.2 Å². The molecule has 1 aromatic heterocycles. The number of fused-ring (bicyclic) bond motifs is 2. The lowest BCUT2D eigenvalue weighted by atomic mass is 10.0. The molecule has 2 aliphatic heterocycles. The number of amides is 2. The smallest absolute Gasteiger partial charge is 0.320 e. The van der Waals surface area contributed by atoms with Gasteiger partial charge in [0.1, 0.15) is 17.6 Å². The Balaban J connectivity index is 1.19. The molecule has 0 aliphatic carbocycles. The molecule has 0 spiro atoms. The Hall–Kier alpha value is -3.01. The van der Waals surface area contributed by atoms with Crippen molar-refractivity contribution in [2.45, 2.75) is 63.9 Å². The van der Waals surface area contributed by atoms with E-state index in [4.69, 9.17) is 25.5 Å². The third-order valence-electron chi connectivity index (χ3n) is 7.65. The first-order valence-electron chi connectivity index (χ1n) is 13.0. The number of carbonyl (C=O) groups is 1. The van der Waals surface area contributed by atoms with E-state index < -0.39 is 8.32 Å². The van der Waals surface area contributed by atoms with Crippen LogP contribution >= 0.6 is 11.6 Å². The zero-order chi connectivity index (χ0) is 27.1. The summed E-state index contributed by atoms with van der Waals surface area (Å²) in [6.45, 7) is 12.3. The van der Waals surface area contributed by atoms with Crippen LogP contribution in [0.2, 0.25) is 23.2 Å². The van der Waals surface area contributed by atoms with Gasteiger partial charge in [-0.1, -0.05) is 44.5 Å². The fraction of sp³-hybridized carbons (Fsp3) is 0.429. The van der Waals surface area contributed by atoms with Gasteiger partial charge in [-0.2, -0.15) is 0 Å². The van der Waals surface area contributed by atoms with Gasteiger partial charge >= 0.3 is 6.03 Å². The predicted molar refractivity (Wildman–Crippen MR) is 151 cm³/mol. The van der Waals surface area contributed by atoms with Crippen LogP contribution in [-0.2, 0) is 10.8 Å². The Bertz CT molecular complexity index is 1340. The van der Waals surface area contributed by atoms with Crippen LogP contribution in [0.25, 0.3) is 5.69 Å². The maximum absolute atomic E-state index is 12.7. The number of nitrogens with zero attached hydrogens (tertiary/aromatic N) is 2. The second kappa shape index (κ2) is 10.3. The molecule has 2 N–H and O–H groups in total. The van der Waals surface area contributed by atoms with Crippen LogP contribution < -0.4 is 20.1 Å². The van der Waals surface area contributed by atoms with Crippen LogP contribution in [0.3, 0.4) is 0 Å². The summed E-state index contributed by atoms with van der Waals surface area (Å²) in [5.41, 5.74) is 2.91. The lowest BCUT2D eigenvalue weighted by Crippen LogP contribution is -2.43. The normalized spacial score (nSPS) is 18.7. The molecule has 5 rings (SSSR count). The van der Waals surface area contributed by atoms with Gasteiger partial charge in [-0.3, -0.25) is 5.32 Å². The lowest BCUT2D eigenvalue weighted by molar-refractivity contribution is 0.139. The minimum atomic E-state index is -1.83. The molecule has 0 saturated heterocycles. The fourth-order valence-electron chi connectivity index (χ4n) is 4.44. The standard InChI is InChI=1S/C28H35ClN4O4Si/c1-28(2,3)38(4,5)36-17-20-16-18-15-19(9-10-24(18)37-20)33-13-11-25(32-33)31-27(34)30-23-12-14-35-26-21(23)7-6-8-22(26)29/h6-11,13,15,20,23H,12,14,16-17H2,1-5H3,(H2,30,31,32,34)/t20?,23-/m0/s1. The summed E-state index contributed by atoms with van der Waals surface area (Å²) in [6, 6.07) is 12.8. The van der Waals surface area contributed by atoms with E-state index in [1.165, 1.54) is 0 Å². The van der Waals surface area contributed by atoms with Crippen molar-refractivity contribution < 1.29 is 18.7 Å². The SMILES string of the molecule is CC(C)(C)[Si](C)(C)OCC1Cc2cc(-n3ccc(NC(=O)N[C@H]4CCOc5c(Cl)cccc54)n3)ccc2O1. The summed E-state index contributed by atoms with van der Waals surface area (Å²) in [4.78, 5) is 12.7. The van der Waals surface area contributed by atoms with Crippen LogP contribution in [0.1, 0.15) is 44.4 Å². The van der Waals surface area contributed by atoms with Gasteiger partial charge in [-0.25, -0.2) is 9.48 Å². The van der Waals surface area contributed by atoms with Gasteiger partial charge in [0.05, 0.1) is 30.0 Å². The molecular formula is C28H35ClN4O4Si. The van der Waals surface area contributed by atoms with Crippen molar-refractivity contribution in [2.24, 2.45) is 0 Å². The Morgan fingerprint density at radius 1 is 1.24 bits per heavy atom. The molecule has 1 unspecified atom stereocenters. The number of ether oxygens (including phenoxy) is 2. The highest BCUT2D eigenvalue weighted by Gasteiger charge is 2.38. The molecule has 10 heteroatoms. The van der Waals surface area contributed by atoms with Gasteiger partial charge in [0.2, 0.25) is 0 Å². The molecule has 2 aliphatic rings. The Morgan fingerprint density at radius 2 is 2.05 bits per heavy atom. The second-order valence-electron chi connectivity index (χ2n) is 11.4. The van der Waals surface area contributed by atoms with E-state index in [-0.39, 0.29) is 23.2 Å². The minimum absolute atomic E-state index is 0.0121. The summed E-state index contributed by atoms with van der Waals surface area (Å²) in [5, 5.41) is 11.1. The maximum Gasteiger partial charge on any atom is 0.320 e. The van der Waals surface area contributed by atoms with E-state index in [2.05, 4.69) is 55.7 Å². The summed E-state index contributed by atoms with van der Waals surface area (Å²) >= 11 is 6.25.